The van der Waals surface area contributed by atoms with E-state index in [1.54, 1.807) is 6.92 Å². The van der Waals surface area contributed by atoms with E-state index in [2.05, 4.69) is 17.1 Å². The summed E-state index contributed by atoms with van der Waals surface area (Å²) < 4.78 is 10.4. The topological polar surface area (TPSA) is 65.2 Å². The molecule has 5 nitrogen and oxygen atoms in total. The second-order valence-electron chi connectivity index (χ2n) is 5.49. The van der Waals surface area contributed by atoms with Crippen molar-refractivity contribution in [2.24, 2.45) is 5.92 Å². The van der Waals surface area contributed by atoms with Gasteiger partial charge in [0.05, 0.1) is 6.61 Å². The van der Waals surface area contributed by atoms with Gasteiger partial charge in [0.2, 0.25) is 5.89 Å². The third-order valence-corrected chi connectivity index (χ3v) is 4.22. The molecule has 1 aromatic rings. The second-order valence-corrected chi connectivity index (χ2v) is 5.49. The fourth-order valence-electron chi connectivity index (χ4n) is 2.92. The van der Waals surface area contributed by atoms with Crippen molar-refractivity contribution in [2.45, 2.75) is 64.7 Å². The largest absolute Gasteiger partial charge is 0.465 e. The van der Waals surface area contributed by atoms with Gasteiger partial charge in [-0.25, -0.2) is 0 Å². The normalized spacial score (nSPS) is 23.8. The first-order valence-electron chi connectivity index (χ1n) is 7.69. The molecule has 3 unspecified atom stereocenters. The van der Waals surface area contributed by atoms with Crippen LogP contribution in [0, 0.1) is 5.92 Å². The Kier molecular flexibility index (Phi) is 5.15. The molecule has 0 amide bonds. The van der Waals surface area contributed by atoms with Gasteiger partial charge in [0, 0.05) is 5.92 Å². The Hall–Kier alpha value is -1.39. The molecule has 0 N–H and O–H groups in total. The quantitative estimate of drug-likeness (QED) is 0.747. The predicted octanol–water partition coefficient (Wildman–Crippen LogP) is 3.42. The zero-order chi connectivity index (χ0) is 14.5. The standard InChI is InChI=1S/C15H24N2O3/c1-4-10-7-8-11(9-10)13-16-14(20-17-13)12(5-2)15(18)19-6-3/h10-12H,4-9H2,1-3H3. The number of ether oxygens (including phenoxy) is 1. The zero-order valence-electron chi connectivity index (χ0n) is 12.6. The van der Waals surface area contributed by atoms with Crippen LogP contribution >= 0.6 is 0 Å². The van der Waals surface area contributed by atoms with Gasteiger partial charge in [-0.1, -0.05) is 25.4 Å². The number of esters is 1. The number of carbonyl (C=O) groups excluding carboxylic acids is 1. The van der Waals surface area contributed by atoms with Gasteiger partial charge < -0.3 is 9.26 Å². The van der Waals surface area contributed by atoms with Crippen molar-refractivity contribution in [3.63, 3.8) is 0 Å². The maximum atomic E-state index is 11.9. The smallest absolute Gasteiger partial charge is 0.318 e. The van der Waals surface area contributed by atoms with E-state index in [1.165, 1.54) is 12.8 Å². The first kappa shape index (κ1) is 15.0. The number of hydrogen-bond donors (Lipinski definition) is 0. The van der Waals surface area contributed by atoms with Gasteiger partial charge in [-0.2, -0.15) is 4.98 Å². The van der Waals surface area contributed by atoms with Crippen molar-refractivity contribution < 1.29 is 14.1 Å². The lowest BCUT2D eigenvalue weighted by Gasteiger charge is -2.08. The first-order valence-corrected chi connectivity index (χ1v) is 7.69. The molecule has 0 aliphatic heterocycles. The van der Waals surface area contributed by atoms with E-state index in [0.717, 1.165) is 24.6 Å². The Bertz CT molecular complexity index is 444. The van der Waals surface area contributed by atoms with Gasteiger partial charge in [-0.15, -0.1) is 0 Å². The Balaban J connectivity index is 2.06. The van der Waals surface area contributed by atoms with Gasteiger partial charge in [-0.05, 0) is 38.5 Å². The van der Waals surface area contributed by atoms with Crippen LogP contribution in [0.25, 0.3) is 0 Å². The Morgan fingerprint density at radius 2 is 2.20 bits per heavy atom. The Labute approximate surface area is 120 Å². The van der Waals surface area contributed by atoms with Gasteiger partial charge in [-0.3, -0.25) is 4.79 Å². The summed E-state index contributed by atoms with van der Waals surface area (Å²) in [4.78, 5) is 16.3. The van der Waals surface area contributed by atoms with Crippen LogP contribution in [0.1, 0.15) is 76.4 Å². The minimum atomic E-state index is -0.431. The summed E-state index contributed by atoms with van der Waals surface area (Å²) in [6.45, 7) is 6.32. The van der Waals surface area contributed by atoms with Gasteiger partial charge in [0.25, 0.3) is 0 Å². The van der Waals surface area contributed by atoms with E-state index in [4.69, 9.17) is 9.26 Å². The molecule has 0 aromatic carbocycles. The van der Waals surface area contributed by atoms with Crippen LogP contribution in [0.15, 0.2) is 4.52 Å². The summed E-state index contributed by atoms with van der Waals surface area (Å²) in [5.41, 5.74) is 0. The number of aromatic nitrogens is 2. The van der Waals surface area contributed by atoms with Gasteiger partial charge in [0.15, 0.2) is 5.82 Å². The minimum Gasteiger partial charge on any atom is -0.465 e. The van der Waals surface area contributed by atoms with Crippen LogP contribution in [0.4, 0.5) is 0 Å². The van der Waals surface area contributed by atoms with E-state index in [0.29, 0.717) is 24.8 Å². The number of rotatable bonds is 6. The first-order chi connectivity index (χ1) is 9.69. The van der Waals surface area contributed by atoms with Crippen molar-refractivity contribution in [3.05, 3.63) is 11.7 Å². The highest BCUT2D eigenvalue weighted by Crippen LogP contribution is 2.38. The van der Waals surface area contributed by atoms with E-state index >= 15 is 0 Å². The molecule has 2 rings (SSSR count). The Morgan fingerprint density at radius 3 is 2.80 bits per heavy atom. The molecule has 20 heavy (non-hydrogen) atoms. The second kappa shape index (κ2) is 6.86. The highest BCUT2D eigenvalue weighted by molar-refractivity contribution is 5.76. The van der Waals surface area contributed by atoms with Crippen molar-refractivity contribution >= 4 is 5.97 Å². The van der Waals surface area contributed by atoms with Crippen molar-refractivity contribution in [1.29, 1.82) is 0 Å². The van der Waals surface area contributed by atoms with Crippen molar-refractivity contribution in [3.8, 4) is 0 Å². The molecular weight excluding hydrogens is 256 g/mol. The molecule has 3 atom stereocenters. The summed E-state index contributed by atoms with van der Waals surface area (Å²) >= 11 is 0. The van der Waals surface area contributed by atoms with Crippen LogP contribution in [0.3, 0.4) is 0 Å². The lowest BCUT2D eigenvalue weighted by atomic mass is 10.0. The summed E-state index contributed by atoms with van der Waals surface area (Å²) in [7, 11) is 0. The van der Waals surface area contributed by atoms with E-state index in [-0.39, 0.29) is 5.97 Å². The lowest BCUT2D eigenvalue weighted by molar-refractivity contribution is -0.145. The van der Waals surface area contributed by atoms with Crippen LogP contribution in [0.5, 0.6) is 0 Å². The van der Waals surface area contributed by atoms with E-state index in [9.17, 15) is 4.79 Å². The molecule has 0 saturated heterocycles. The average molecular weight is 280 g/mol. The summed E-state index contributed by atoms with van der Waals surface area (Å²) in [6, 6.07) is 0. The maximum absolute atomic E-state index is 11.9. The van der Waals surface area contributed by atoms with Crippen molar-refractivity contribution in [2.75, 3.05) is 6.61 Å². The number of hydrogen-bond acceptors (Lipinski definition) is 5. The fourth-order valence-corrected chi connectivity index (χ4v) is 2.92. The molecule has 1 heterocycles. The lowest BCUT2D eigenvalue weighted by Crippen LogP contribution is -2.15. The summed E-state index contributed by atoms with van der Waals surface area (Å²) in [6.07, 6.45) is 5.31. The minimum absolute atomic E-state index is 0.275. The molecule has 1 fully saturated rings. The number of nitrogens with zero attached hydrogens (tertiary/aromatic N) is 2. The molecule has 0 bridgehead atoms. The average Bonchev–Trinajstić information content (AvgIpc) is 3.08. The third kappa shape index (κ3) is 3.19. The Morgan fingerprint density at radius 1 is 1.40 bits per heavy atom. The molecule has 1 saturated carbocycles. The molecule has 0 radical (unpaired) electrons. The van der Waals surface area contributed by atoms with Crippen LogP contribution in [-0.4, -0.2) is 22.7 Å². The zero-order valence-corrected chi connectivity index (χ0v) is 12.6. The van der Waals surface area contributed by atoms with Crippen molar-refractivity contribution in [1.82, 2.24) is 10.1 Å². The monoisotopic (exact) mass is 280 g/mol. The van der Waals surface area contributed by atoms with Gasteiger partial charge in [0.1, 0.15) is 5.92 Å². The molecule has 1 aliphatic rings. The van der Waals surface area contributed by atoms with Crippen LogP contribution in [0.2, 0.25) is 0 Å². The van der Waals surface area contributed by atoms with E-state index in [1.807, 2.05) is 6.92 Å². The summed E-state index contributed by atoms with van der Waals surface area (Å²) in [5, 5.41) is 4.08. The molecule has 112 valence electrons. The van der Waals surface area contributed by atoms with Gasteiger partial charge >= 0.3 is 5.97 Å². The van der Waals surface area contributed by atoms with Crippen LogP contribution < -0.4 is 0 Å². The molecule has 0 spiro atoms. The molecule has 1 aromatic heterocycles. The highest BCUT2D eigenvalue weighted by atomic mass is 16.5. The van der Waals surface area contributed by atoms with Crippen LogP contribution in [-0.2, 0) is 9.53 Å². The SMILES string of the molecule is CCOC(=O)C(CC)c1nc(C2CCC(CC)C2)no1. The number of carbonyl (C=O) groups is 1. The summed E-state index contributed by atoms with van der Waals surface area (Å²) in [5.74, 6) is 1.62. The highest BCUT2D eigenvalue weighted by Gasteiger charge is 2.31. The predicted molar refractivity (Wildman–Crippen MR) is 74.3 cm³/mol. The third-order valence-electron chi connectivity index (χ3n) is 4.22. The maximum Gasteiger partial charge on any atom is 0.318 e. The molecule has 5 heteroatoms. The van der Waals surface area contributed by atoms with E-state index < -0.39 is 5.92 Å². The molecular formula is C15H24N2O3. The fraction of sp³-hybridized carbons (Fsp3) is 0.800. The molecule has 1 aliphatic carbocycles.